The van der Waals surface area contributed by atoms with Gasteiger partial charge in [-0.25, -0.2) is 0 Å². The fraction of sp³-hybridized carbons (Fsp3) is 0.350. The Bertz CT molecular complexity index is 1920. The molecule has 4 aromatic carbocycles. The quantitative estimate of drug-likeness (QED) is 0.152. The molecule has 0 aliphatic carbocycles. The van der Waals surface area contributed by atoms with Crippen molar-refractivity contribution in [3.63, 3.8) is 0 Å². The Morgan fingerprint density at radius 3 is 2.42 bits per heavy atom. The third-order valence-electron chi connectivity index (χ3n) is 11.3. The molecule has 1 saturated heterocycles. The Morgan fingerprint density at radius 1 is 1.04 bits per heavy atom. The average Bonchev–Trinajstić information content (AvgIpc) is 3.54. The van der Waals surface area contributed by atoms with E-state index in [2.05, 4.69) is 66.9 Å². The smallest absolute Gasteiger partial charge is 0.264 e. The van der Waals surface area contributed by atoms with Gasteiger partial charge in [-0.15, -0.1) is 0 Å². The lowest BCUT2D eigenvalue weighted by atomic mass is 9.82. The second-order valence-corrected chi connectivity index (χ2v) is 20.7. The third kappa shape index (κ3) is 5.98. The Hall–Kier alpha value is -3.22. The van der Waals surface area contributed by atoms with Crippen LogP contribution < -0.4 is 14.8 Å². The summed E-state index contributed by atoms with van der Waals surface area (Å²) < 4.78 is 13.8. The Labute approximate surface area is 313 Å². The largest absolute Gasteiger partial charge is 0.497 e. The van der Waals surface area contributed by atoms with Crippen molar-refractivity contribution in [2.24, 2.45) is 5.92 Å². The maximum Gasteiger partial charge on any atom is 0.264 e. The monoisotopic (exact) mass is 820 g/mol. The molecular formula is C40H42ClIN2O5Si. The fourth-order valence-electron chi connectivity index (χ4n) is 8.75. The van der Waals surface area contributed by atoms with Crippen LogP contribution in [0.3, 0.4) is 0 Å². The van der Waals surface area contributed by atoms with Crippen LogP contribution in [-0.2, 0) is 39.4 Å². The predicted molar refractivity (Wildman–Crippen MR) is 208 cm³/mol. The van der Waals surface area contributed by atoms with E-state index in [1.165, 1.54) is 5.19 Å². The first-order chi connectivity index (χ1) is 24.0. The number of ether oxygens (including phenoxy) is 2. The molecule has 0 radical (unpaired) electrons. The SMILES string of the molecule is COc1ccc([Si](C)(C)[C@H]2[C@H](CC(=O)N3Cc4ccccc4C[C@H]3CO)O[C@@]3(C(=O)N(Cc4ccc(I)cc4)c4ccc(Cl)cc43)[C@@H]2C)cc1. The predicted octanol–water partition coefficient (Wildman–Crippen LogP) is 7.05. The number of amides is 2. The summed E-state index contributed by atoms with van der Waals surface area (Å²) in [5.74, 6) is 0.301. The highest BCUT2D eigenvalue weighted by molar-refractivity contribution is 14.1. The van der Waals surface area contributed by atoms with E-state index in [9.17, 15) is 9.90 Å². The summed E-state index contributed by atoms with van der Waals surface area (Å²) >= 11 is 8.96. The number of nitrogens with zero attached hydrogens (tertiary/aromatic N) is 2. The first-order valence-electron chi connectivity index (χ1n) is 17.1. The topological polar surface area (TPSA) is 79.3 Å². The van der Waals surface area contributed by atoms with E-state index >= 15 is 4.79 Å². The molecule has 7 rings (SSSR count). The van der Waals surface area contributed by atoms with Gasteiger partial charge in [-0.1, -0.05) is 85.3 Å². The molecule has 3 heterocycles. The minimum atomic E-state index is -2.47. The van der Waals surface area contributed by atoms with Gasteiger partial charge in [0, 0.05) is 26.6 Å². The maximum absolute atomic E-state index is 15.1. The van der Waals surface area contributed by atoms with Crippen molar-refractivity contribution in [2.45, 2.75) is 69.2 Å². The molecule has 2 amide bonds. The number of rotatable bonds is 8. The van der Waals surface area contributed by atoms with E-state index in [1.807, 2.05) is 76.5 Å². The number of anilines is 1. The van der Waals surface area contributed by atoms with Crippen LogP contribution in [0.1, 0.15) is 35.6 Å². The number of benzene rings is 4. The molecule has 4 aromatic rings. The summed E-state index contributed by atoms with van der Waals surface area (Å²) in [4.78, 5) is 33.2. The van der Waals surface area contributed by atoms with Crippen LogP contribution in [0.15, 0.2) is 91.0 Å². The molecule has 0 saturated carbocycles. The first kappa shape index (κ1) is 35.2. The number of aliphatic hydroxyl groups is 1. The summed E-state index contributed by atoms with van der Waals surface area (Å²) in [5, 5.41) is 12.1. The number of halogens is 2. The lowest BCUT2D eigenvalue weighted by Crippen LogP contribution is -2.52. The summed E-state index contributed by atoms with van der Waals surface area (Å²) in [7, 11) is -0.816. The zero-order chi connectivity index (χ0) is 35.4. The van der Waals surface area contributed by atoms with Gasteiger partial charge in [0.05, 0.1) is 52.6 Å². The second kappa shape index (κ2) is 13.7. The van der Waals surface area contributed by atoms with Crippen LogP contribution in [-0.4, -0.2) is 55.8 Å². The average molecular weight is 821 g/mol. The highest BCUT2D eigenvalue weighted by atomic mass is 127. The molecule has 3 aliphatic rings. The van der Waals surface area contributed by atoms with Crippen LogP contribution in [0.4, 0.5) is 5.69 Å². The molecule has 1 N–H and O–H groups in total. The van der Waals surface area contributed by atoms with Crippen molar-refractivity contribution in [1.29, 1.82) is 0 Å². The number of fused-ring (bicyclic) bond motifs is 3. The molecule has 0 bridgehead atoms. The van der Waals surface area contributed by atoms with Gasteiger partial charge in [-0.05, 0) is 93.7 Å². The molecule has 1 fully saturated rings. The van der Waals surface area contributed by atoms with Crippen molar-refractivity contribution in [3.05, 3.63) is 122 Å². The Kier molecular flexibility index (Phi) is 9.66. The highest BCUT2D eigenvalue weighted by Gasteiger charge is 2.66. The molecule has 3 aliphatic heterocycles. The molecular weight excluding hydrogens is 779 g/mol. The number of aliphatic hydroxyl groups excluding tert-OH is 1. The maximum atomic E-state index is 15.1. The van der Waals surface area contributed by atoms with E-state index in [4.69, 9.17) is 21.1 Å². The summed E-state index contributed by atoms with van der Waals surface area (Å²) in [6.07, 6.45) is 0.145. The Balaban J connectivity index is 1.30. The minimum absolute atomic E-state index is 0.0788. The standard InChI is InChI=1S/C40H42ClIN2O5Si/c1-25-38(50(3,4)33-16-14-32(48-2)15-17-33)36(21-37(46)43-23-28-8-6-5-7-27(28)19-31(43)24-45)49-40(25)34-20-29(41)11-18-35(34)44(39(40)47)22-26-9-12-30(42)13-10-26/h5-18,20,25,31,36,38,45H,19,21-24H2,1-4H3/t25-,31+,36+,38-,40+/m1/s1. The number of methoxy groups -OCH3 is 1. The summed E-state index contributed by atoms with van der Waals surface area (Å²) in [6.45, 7) is 7.44. The van der Waals surface area contributed by atoms with Crippen LogP contribution in [0.5, 0.6) is 5.75 Å². The van der Waals surface area contributed by atoms with Crippen LogP contribution in [0.2, 0.25) is 23.7 Å². The summed E-state index contributed by atoms with van der Waals surface area (Å²) in [5.41, 5.74) is 3.37. The number of carbonyl (C=O) groups excluding carboxylic acids is 2. The van der Waals surface area contributed by atoms with Crippen molar-refractivity contribution in [1.82, 2.24) is 4.90 Å². The second-order valence-electron chi connectivity index (χ2n) is 14.4. The van der Waals surface area contributed by atoms with Crippen molar-refractivity contribution >= 4 is 65.0 Å². The first-order valence-corrected chi connectivity index (χ1v) is 21.7. The lowest BCUT2D eigenvalue weighted by Gasteiger charge is -2.39. The fourth-order valence-corrected chi connectivity index (χ4v) is 13.3. The van der Waals surface area contributed by atoms with E-state index in [-0.39, 0.29) is 42.3 Å². The van der Waals surface area contributed by atoms with Gasteiger partial charge < -0.3 is 24.4 Å². The van der Waals surface area contributed by atoms with Crippen LogP contribution >= 0.6 is 34.2 Å². The molecule has 5 atom stereocenters. The zero-order valence-electron chi connectivity index (χ0n) is 28.7. The van der Waals surface area contributed by atoms with Gasteiger partial charge in [-0.2, -0.15) is 0 Å². The molecule has 260 valence electrons. The third-order valence-corrected chi connectivity index (χ3v) is 16.6. The van der Waals surface area contributed by atoms with E-state index in [0.717, 1.165) is 37.3 Å². The van der Waals surface area contributed by atoms with Gasteiger partial charge in [0.25, 0.3) is 5.91 Å². The van der Waals surface area contributed by atoms with Gasteiger partial charge in [0.15, 0.2) is 5.60 Å². The molecule has 0 aromatic heterocycles. The number of hydrogen-bond donors (Lipinski definition) is 1. The van der Waals surface area contributed by atoms with Gasteiger partial charge in [0.1, 0.15) is 5.75 Å². The Morgan fingerprint density at radius 2 is 1.74 bits per heavy atom. The minimum Gasteiger partial charge on any atom is -0.497 e. The highest BCUT2D eigenvalue weighted by Crippen LogP contribution is 2.60. The van der Waals surface area contributed by atoms with Gasteiger partial charge in [0.2, 0.25) is 5.91 Å². The molecule has 50 heavy (non-hydrogen) atoms. The van der Waals surface area contributed by atoms with Crippen molar-refractivity contribution < 1.29 is 24.2 Å². The van der Waals surface area contributed by atoms with Gasteiger partial charge >= 0.3 is 0 Å². The molecule has 1 spiro atoms. The van der Waals surface area contributed by atoms with E-state index in [1.54, 1.807) is 7.11 Å². The normalized spacial score (nSPS) is 24.4. The molecule has 0 unspecified atom stereocenters. The number of carbonyl (C=O) groups is 2. The van der Waals surface area contributed by atoms with E-state index < -0.39 is 19.8 Å². The summed E-state index contributed by atoms with van der Waals surface area (Å²) in [6, 6.07) is 29.8. The van der Waals surface area contributed by atoms with Crippen LogP contribution in [0.25, 0.3) is 0 Å². The molecule has 10 heteroatoms. The van der Waals surface area contributed by atoms with Crippen molar-refractivity contribution in [3.8, 4) is 5.75 Å². The van der Waals surface area contributed by atoms with Crippen molar-refractivity contribution in [2.75, 3.05) is 18.6 Å². The van der Waals surface area contributed by atoms with E-state index in [0.29, 0.717) is 24.5 Å². The van der Waals surface area contributed by atoms with Crippen LogP contribution in [0, 0.1) is 9.49 Å². The lowest BCUT2D eigenvalue weighted by molar-refractivity contribution is -0.151. The molecule has 7 nitrogen and oxygen atoms in total. The zero-order valence-corrected chi connectivity index (χ0v) is 32.6. The number of hydrogen-bond acceptors (Lipinski definition) is 5. The van der Waals surface area contributed by atoms with Gasteiger partial charge in [-0.3, -0.25) is 9.59 Å².